The number of aliphatic imine (C=N–C) groups is 1. The van der Waals surface area contributed by atoms with Gasteiger partial charge in [-0.05, 0) is 26.2 Å². The van der Waals surface area contributed by atoms with E-state index < -0.39 is 0 Å². The minimum atomic E-state index is 0. The fourth-order valence-corrected chi connectivity index (χ4v) is 1.63. The van der Waals surface area contributed by atoms with E-state index in [2.05, 4.69) is 35.8 Å². The molecule has 0 heterocycles. The van der Waals surface area contributed by atoms with Crippen molar-refractivity contribution < 1.29 is 4.74 Å². The Morgan fingerprint density at radius 3 is 2.68 bits per heavy atom. The second-order valence-corrected chi connectivity index (χ2v) is 4.29. The Morgan fingerprint density at radius 1 is 1.37 bits per heavy atom. The van der Waals surface area contributed by atoms with Crippen LogP contribution in [0.2, 0.25) is 0 Å². The first-order valence-electron chi connectivity index (χ1n) is 6.85. The summed E-state index contributed by atoms with van der Waals surface area (Å²) in [6, 6.07) is 0. The number of hydrogen-bond donors (Lipinski definition) is 1. The summed E-state index contributed by atoms with van der Waals surface area (Å²) >= 11 is 0. The van der Waals surface area contributed by atoms with E-state index in [1.165, 1.54) is 19.3 Å². The molecule has 0 amide bonds. The van der Waals surface area contributed by atoms with Gasteiger partial charge in [0.1, 0.15) is 0 Å². The first-order chi connectivity index (χ1) is 8.76. The van der Waals surface area contributed by atoms with Gasteiger partial charge in [0.15, 0.2) is 5.96 Å². The summed E-state index contributed by atoms with van der Waals surface area (Å²) in [5.74, 6) is 0.971. The van der Waals surface area contributed by atoms with E-state index in [0.717, 1.165) is 25.5 Å². The van der Waals surface area contributed by atoms with Crippen LogP contribution < -0.4 is 5.32 Å². The van der Waals surface area contributed by atoms with Crippen LogP contribution in [-0.4, -0.2) is 51.3 Å². The highest BCUT2D eigenvalue weighted by Gasteiger charge is 2.04. The Kier molecular flexibility index (Phi) is 17.4. The molecular formula is C14H30IN3O. The predicted octanol–water partition coefficient (Wildman–Crippen LogP) is 2.89. The first kappa shape index (κ1) is 21.0. The molecule has 114 valence electrons. The third kappa shape index (κ3) is 12.5. The molecule has 0 aliphatic heterocycles. The topological polar surface area (TPSA) is 36.9 Å². The molecule has 0 spiro atoms. The zero-order valence-corrected chi connectivity index (χ0v) is 15.0. The van der Waals surface area contributed by atoms with Crippen LogP contribution in [0.15, 0.2) is 17.6 Å². The van der Waals surface area contributed by atoms with Gasteiger partial charge in [-0.1, -0.05) is 12.5 Å². The maximum atomic E-state index is 5.01. The molecule has 0 saturated carbocycles. The molecule has 19 heavy (non-hydrogen) atoms. The van der Waals surface area contributed by atoms with Crippen molar-refractivity contribution in [3.05, 3.63) is 12.7 Å². The lowest BCUT2D eigenvalue weighted by Gasteiger charge is -2.22. The molecule has 0 atom stereocenters. The summed E-state index contributed by atoms with van der Waals surface area (Å²) in [7, 11) is 3.79. The molecule has 0 radical (unpaired) electrons. The average Bonchev–Trinajstić information content (AvgIpc) is 2.37. The Bertz CT molecular complexity index is 235. The second-order valence-electron chi connectivity index (χ2n) is 4.29. The fourth-order valence-electron chi connectivity index (χ4n) is 1.63. The van der Waals surface area contributed by atoms with Gasteiger partial charge in [0, 0.05) is 27.2 Å². The van der Waals surface area contributed by atoms with Crippen molar-refractivity contribution in [1.29, 1.82) is 0 Å². The molecule has 0 bridgehead atoms. The van der Waals surface area contributed by atoms with Crippen molar-refractivity contribution in [1.82, 2.24) is 10.2 Å². The zero-order valence-electron chi connectivity index (χ0n) is 12.7. The average molecular weight is 383 g/mol. The van der Waals surface area contributed by atoms with Gasteiger partial charge in [-0.15, -0.1) is 30.6 Å². The number of hydrogen-bond acceptors (Lipinski definition) is 2. The molecule has 0 unspecified atom stereocenters. The van der Waals surface area contributed by atoms with E-state index in [0.29, 0.717) is 13.2 Å². The third-order valence-electron chi connectivity index (χ3n) is 2.66. The number of nitrogens with zero attached hydrogens (tertiary/aromatic N) is 2. The van der Waals surface area contributed by atoms with E-state index in [1.54, 1.807) is 7.11 Å². The molecule has 0 fully saturated rings. The summed E-state index contributed by atoms with van der Waals surface area (Å²) in [6.45, 7) is 9.13. The minimum Gasteiger partial charge on any atom is -0.383 e. The van der Waals surface area contributed by atoms with Crippen LogP contribution in [0.3, 0.4) is 0 Å². The standard InChI is InChI=1S/C14H29N3O.HI/c1-5-7-8-9-10-12-17(3)14(15-6-2)16-11-13-18-4;/h5H,1,6-13H2,2-4H3,(H,15,16);1H. The SMILES string of the molecule is C=CCCCCCN(C)C(=NCCOC)NCC.I. The second kappa shape index (κ2) is 15.8. The van der Waals surface area contributed by atoms with Crippen LogP contribution in [-0.2, 0) is 4.74 Å². The number of allylic oxidation sites excluding steroid dienone is 1. The van der Waals surface area contributed by atoms with Gasteiger partial charge in [0.05, 0.1) is 13.2 Å². The van der Waals surface area contributed by atoms with Crippen molar-refractivity contribution in [2.45, 2.75) is 32.6 Å². The van der Waals surface area contributed by atoms with Crippen molar-refractivity contribution in [3.63, 3.8) is 0 Å². The number of nitrogens with one attached hydrogen (secondary N) is 1. The molecule has 0 rings (SSSR count). The molecule has 0 aliphatic carbocycles. The van der Waals surface area contributed by atoms with Gasteiger partial charge in [-0.3, -0.25) is 4.99 Å². The van der Waals surface area contributed by atoms with E-state index in [1.807, 2.05) is 6.08 Å². The molecular weight excluding hydrogens is 353 g/mol. The monoisotopic (exact) mass is 383 g/mol. The lowest BCUT2D eigenvalue weighted by atomic mass is 10.2. The zero-order chi connectivity index (χ0) is 13.6. The largest absolute Gasteiger partial charge is 0.383 e. The highest BCUT2D eigenvalue weighted by molar-refractivity contribution is 14.0. The number of guanidine groups is 1. The van der Waals surface area contributed by atoms with E-state index in [-0.39, 0.29) is 24.0 Å². The summed E-state index contributed by atoms with van der Waals surface area (Å²) in [6.07, 6.45) is 6.77. The summed E-state index contributed by atoms with van der Waals surface area (Å²) in [5, 5.41) is 3.30. The van der Waals surface area contributed by atoms with Gasteiger partial charge >= 0.3 is 0 Å². The fraction of sp³-hybridized carbons (Fsp3) is 0.786. The van der Waals surface area contributed by atoms with Crippen LogP contribution in [0.25, 0.3) is 0 Å². The Hall–Kier alpha value is -0.300. The highest BCUT2D eigenvalue weighted by atomic mass is 127. The summed E-state index contributed by atoms with van der Waals surface area (Å²) in [5.41, 5.74) is 0. The summed E-state index contributed by atoms with van der Waals surface area (Å²) in [4.78, 5) is 6.70. The molecule has 0 saturated heterocycles. The summed E-state index contributed by atoms with van der Waals surface area (Å²) < 4.78 is 5.01. The number of ether oxygens (including phenoxy) is 1. The van der Waals surface area contributed by atoms with E-state index in [4.69, 9.17) is 4.74 Å². The maximum Gasteiger partial charge on any atom is 0.193 e. The van der Waals surface area contributed by atoms with Crippen LogP contribution in [0, 0.1) is 0 Å². The van der Waals surface area contributed by atoms with E-state index >= 15 is 0 Å². The number of halogens is 1. The van der Waals surface area contributed by atoms with Crippen LogP contribution in [0.1, 0.15) is 32.6 Å². The van der Waals surface area contributed by atoms with Gasteiger partial charge in [-0.25, -0.2) is 0 Å². The van der Waals surface area contributed by atoms with Crippen molar-refractivity contribution >= 4 is 29.9 Å². The van der Waals surface area contributed by atoms with Gasteiger partial charge in [0.2, 0.25) is 0 Å². The van der Waals surface area contributed by atoms with Crippen molar-refractivity contribution in [2.24, 2.45) is 4.99 Å². The molecule has 4 nitrogen and oxygen atoms in total. The smallest absolute Gasteiger partial charge is 0.193 e. The lowest BCUT2D eigenvalue weighted by Crippen LogP contribution is -2.39. The lowest BCUT2D eigenvalue weighted by molar-refractivity contribution is 0.207. The van der Waals surface area contributed by atoms with Gasteiger partial charge < -0.3 is 15.0 Å². The normalized spacial score (nSPS) is 10.8. The number of methoxy groups -OCH3 is 1. The predicted molar refractivity (Wildman–Crippen MR) is 94.6 cm³/mol. The maximum absolute atomic E-state index is 5.01. The molecule has 0 aliphatic rings. The van der Waals surface area contributed by atoms with Crippen molar-refractivity contribution in [3.8, 4) is 0 Å². The van der Waals surface area contributed by atoms with Crippen LogP contribution in [0.5, 0.6) is 0 Å². The molecule has 0 aromatic carbocycles. The molecule has 1 N–H and O–H groups in total. The molecule has 0 aromatic rings. The number of rotatable bonds is 10. The van der Waals surface area contributed by atoms with Gasteiger partial charge in [0.25, 0.3) is 0 Å². The van der Waals surface area contributed by atoms with Crippen LogP contribution in [0.4, 0.5) is 0 Å². The quantitative estimate of drug-likeness (QED) is 0.207. The highest BCUT2D eigenvalue weighted by Crippen LogP contribution is 2.01. The molecule has 5 heteroatoms. The van der Waals surface area contributed by atoms with Crippen molar-refractivity contribution in [2.75, 3.05) is 40.4 Å². The third-order valence-corrected chi connectivity index (χ3v) is 2.66. The minimum absolute atomic E-state index is 0. The Balaban J connectivity index is 0. The van der Waals surface area contributed by atoms with Gasteiger partial charge in [-0.2, -0.15) is 0 Å². The molecule has 0 aromatic heterocycles. The van der Waals surface area contributed by atoms with Crippen LogP contribution >= 0.6 is 24.0 Å². The Labute approximate surface area is 135 Å². The first-order valence-corrected chi connectivity index (χ1v) is 6.85. The Morgan fingerprint density at radius 2 is 2.11 bits per heavy atom. The van der Waals surface area contributed by atoms with E-state index in [9.17, 15) is 0 Å². The number of unbranched alkanes of at least 4 members (excludes halogenated alkanes) is 3.